The van der Waals surface area contributed by atoms with Gasteiger partial charge in [-0.05, 0) is 37.3 Å². The first kappa shape index (κ1) is 16.8. The Morgan fingerprint density at radius 2 is 1.95 bits per heavy atom. The van der Waals surface area contributed by atoms with E-state index >= 15 is 0 Å². The summed E-state index contributed by atoms with van der Waals surface area (Å²) < 4.78 is 0. The number of piperidine rings is 1. The molecule has 1 amide bonds. The molecule has 1 aliphatic rings. The van der Waals surface area contributed by atoms with Crippen molar-refractivity contribution in [2.45, 2.75) is 39.2 Å². The van der Waals surface area contributed by atoms with Crippen molar-refractivity contribution < 1.29 is 9.90 Å². The summed E-state index contributed by atoms with van der Waals surface area (Å²) in [7, 11) is 0. The van der Waals surface area contributed by atoms with Gasteiger partial charge >= 0.3 is 0 Å². The summed E-state index contributed by atoms with van der Waals surface area (Å²) in [6.07, 6.45) is 3.00. The molecule has 1 heterocycles. The topological polar surface area (TPSA) is 43.8 Å². The van der Waals surface area contributed by atoms with Gasteiger partial charge < -0.3 is 14.9 Å². The number of carbonyl (C=O) groups is 1. The second-order valence-electron chi connectivity index (χ2n) is 6.27. The number of anilines is 1. The first-order valence-corrected chi connectivity index (χ1v) is 8.36. The summed E-state index contributed by atoms with van der Waals surface area (Å²) in [5.74, 6) is 0.887. The van der Waals surface area contributed by atoms with Crippen LogP contribution in [-0.2, 0) is 4.79 Å². The molecule has 0 aliphatic carbocycles. The fourth-order valence-electron chi connectivity index (χ4n) is 3.00. The molecule has 0 saturated carbocycles. The molecule has 122 valence electrons. The molecule has 4 heteroatoms. The fraction of sp³-hybridized carbons (Fsp3) is 0.611. The highest BCUT2D eigenvalue weighted by atomic mass is 16.3. The number of rotatable bonds is 6. The fourth-order valence-corrected chi connectivity index (χ4v) is 3.00. The summed E-state index contributed by atoms with van der Waals surface area (Å²) in [4.78, 5) is 16.6. The summed E-state index contributed by atoms with van der Waals surface area (Å²) in [5, 5.41) is 9.65. The van der Waals surface area contributed by atoms with E-state index in [1.165, 1.54) is 0 Å². The monoisotopic (exact) mass is 304 g/mol. The first-order valence-electron chi connectivity index (χ1n) is 8.36. The van der Waals surface area contributed by atoms with Crippen molar-refractivity contribution >= 4 is 11.6 Å². The molecule has 0 spiro atoms. The molecule has 2 rings (SSSR count). The Labute approximate surface area is 133 Å². The maximum Gasteiger partial charge on any atom is 0.242 e. The number of hydrogen-bond donors (Lipinski definition) is 1. The van der Waals surface area contributed by atoms with Crippen LogP contribution in [0.25, 0.3) is 0 Å². The molecule has 1 atom stereocenters. The number of para-hydroxylation sites is 1. The van der Waals surface area contributed by atoms with Crippen LogP contribution in [0.5, 0.6) is 0 Å². The first-order chi connectivity index (χ1) is 10.7. The minimum atomic E-state index is -0.0185. The molecule has 22 heavy (non-hydrogen) atoms. The normalized spacial score (nSPS) is 17.3. The molecule has 1 aliphatic heterocycles. The Bertz CT molecular complexity index is 451. The Balaban J connectivity index is 2.07. The number of likely N-dealkylation sites (tertiary alicyclic amines) is 1. The van der Waals surface area contributed by atoms with Gasteiger partial charge in [0.15, 0.2) is 0 Å². The van der Waals surface area contributed by atoms with Crippen molar-refractivity contribution in [3.05, 3.63) is 30.3 Å². The third kappa shape index (κ3) is 4.23. The Hall–Kier alpha value is -1.55. The standard InChI is InChI=1S/C18H28N2O2/c1-3-16(14-21)20(17-7-5-4-6-8-17)13-18(22)19-11-9-15(2)10-12-19/h4-8,15-16,21H,3,9-14H2,1-2H3. The number of carbonyl (C=O) groups excluding carboxylic acids is 1. The molecule has 4 nitrogen and oxygen atoms in total. The van der Waals surface area contributed by atoms with Gasteiger partial charge in [-0.3, -0.25) is 4.79 Å². The molecule has 0 bridgehead atoms. The van der Waals surface area contributed by atoms with Crippen LogP contribution in [0.15, 0.2) is 30.3 Å². The van der Waals surface area contributed by atoms with Gasteiger partial charge in [0.25, 0.3) is 0 Å². The summed E-state index contributed by atoms with van der Waals surface area (Å²) in [6.45, 7) is 6.42. The van der Waals surface area contributed by atoms with E-state index in [0.29, 0.717) is 6.54 Å². The van der Waals surface area contributed by atoms with E-state index in [2.05, 4.69) is 6.92 Å². The molecule has 0 radical (unpaired) electrons. The van der Waals surface area contributed by atoms with Crippen LogP contribution in [-0.4, -0.2) is 48.2 Å². The van der Waals surface area contributed by atoms with Gasteiger partial charge in [0, 0.05) is 18.8 Å². The van der Waals surface area contributed by atoms with Crippen molar-refractivity contribution in [3.8, 4) is 0 Å². The average Bonchev–Trinajstić information content (AvgIpc) is 2.56. The lowest BCUT2D eigenvalue weighted by Crippen LogP contribution is -2.48. The van der Waals surface area contributed by atoms with Crippen LogP contribution in [0.4, 0.5) is 5.69 Å². The van der Waals surface area contributed by atoms with Crippen LogP contribution in [0.2, 0.25) is 0 Å². The van der Waals surface area contributed by atoms with E-state index in [0.717, 1.165) is 44.0 Å². The number of hydrogen-bond acceptors (Lipinski definition) is 3. The van der Waals surface area contributed by atoms with Gasteiger partial charge in [-0.1, -0.05) is 32.0 Å². The Morgan fingerprint density at radius 1 is 1.32 bits per heavy atom. The van der Waals surface area contributed by atoms with Gasteiger partial charge in [-0.15, -0.1) is 0 Å². The van der Waals surface area contributed by atoms with E-state index in [1.807, 2.05) is 47.1 Å². The SMILES string of the molecule is CCC(CO)N(CC(=O)N1CCC(C)CC1)c1ccccc1. The highest BCUT2D eigenvalue weighted by Crippen LogP contribution is 2.20. The van der Waals surface area contributed by atoms with E-state index < -0.39 is 0 Å². The zero-order valence-corrected chi connectivity index (χ0v) is 13.7. The van der Waals surface area contributed by atoms with Gasteiger partial charge in [-0.2, -0.15) is 0 Å². The molecule has 1 aromatic rings. The van der Waals surface area contributed by atoms with Crippen molar-refractivity contribution in [1.29, 1.82) is 0 Å². The van der Waals surface area contributed by atoms with Crippen molar-refractivity contribution in [1.82, 2.24) is 4.90 Å². The van der Waals surface area contributed by atoms with Crippen LogP contribution in [0, 0.1) is 5.92 Å². The minimum Gasteiger partial charge on any atom is -0.394 e. The Kier molecular flexibility index (Phi) is 6.25. The highest BCUT2D eigenvalue weighted by molar-refractivity contribution is 5.81. The highest BCUT2D eigenvalue weighted by Gasteiger charge is 2.25. The lowest BCUT2D eigenvalue weighted by atomic mass is 9.99. The third-order valence-electron chi connectivity index (χ3n) is 4.65. The second kappa shape index (κ2) is 8.18. The van der Waals surface area contributed by atoms with Gasteiger partial charge in [0.05, 0.1) is 19.2 Å². The molecular formula is C18H28N2O2. The smallest absolute Gasteiger partial charge is 0.242 e. The zero-order valence-electron chi connectivity index (χ0n) is 13.7. The molecule has 1 saturated heterocycles. The number of amides is 1. The quantitative estimate of drug-likeness (QED) is 0.878. The summed E-state index contributed by atoms with van der Waals surface area (Å²) in [6, 6.07) is 9.90. The Morgan fingerprint density at radius 3 is 2.50 bits per heavy atom. The zero-order chi connectivity index (χ0) is 15.9. The average molecular weight is 304 g/mol. The van der Waals surface area contributed by atoms with E-state index in [4.69, 9.17) is 0 Å². The number of aliphatic hydroxyl groups is 1. The predicted molar refractivity (Wildman–Crippen MR) is 89.9 cm³/mol. The van der Waals surface area contributed by atoms with Gasteiger partial charge in [0.2, 0.25) is 5.91 Å². The maximum absolute atomic E-state index is 12.6. The van der Waals surface area contributed by atoms with Gasteiger partial charge in [-0.25, -0.2) is 0 Å². The lowest BCUT2D eigenvalue weighted by molar-refractivity contribution is -0.131. The van der Waals surface area contributed by atoms with Crippen LogP contribution in [0.3, 0.4) is 0 Å². The molecule has 1 unspecified atom stereocenters. The number of aliphatic hydroxyl groups excluding tert-OH is 1. The van der Waals surface area contributed by atoms with Crippen LogP contribution >= 0.6 is 0 Å². The van der Waals surface area contributed by atoms with E-state index in [-0.39, 0.29) is 18.6 Å². The third-order valence-corrected chi connectivity index (χ3v) is 4.65. The molecule has 1 fully saturated rings. The number of benzene rings is 1. The largest absolute Gasteiger partial charge is 0.394 e. The maximum atomic E-state index is 12.6. The van der Waals surface area contributed by atoms with Crippen molar-refractivity contribution in [3.63, 3.8) is 0 Å². The summed E-state index contributed by atoms with van der Waals surface area (Å²) >= 11 is 0. The second-order valence-corrected chi connectivity index (χ2v) is 6.27. The van der Waals surface area contributed by atoms with Crippen LogP contribution < -0.4 is 4.90 Å². The van der Waals surface area contributed by atoms with E-state index in [1.54, 1.807) is 0 Å². The van der Waals surface area contributed by atoms with Crippen molar-refractivity contribution in [2.75, 3.05) is 31.1 Å². The van der Waals surface area contributed by atoms with Gasteiger partial charge in [0.1, 0.15) is 0 Å². The molecule has 1 aromatic carbocycles. The number of nitrogens with zero attached hydrogens (tertiary/aromatic N) is 2. The summed E-state index contributed by atoms with van der Waals surface area (Å²) in [5.41, 5.74) is 1.00. The van der Waals surface area contributed by atoms with Crippen molar-refractivity contribution in [2.24, 2.45) is 5.92 Å². The molecule has 1 N–H and O–H groups in total. The van der Waals surface area contributed by atoms with E-state index in [9.17, 15) is 9.90 Å². The van der Waals surface area contributed by atoms with Crippen LogP contribution in [0.1, 0.15) is 33.1 Å². The molecule has 0 aromatic heterocycles. The predicted octanol–water partition coefficient (Wildman–Crippen LogP) is 2.52. The minimum absolute atomic E-state index is 0.0185. The molecular weight excluding hydrogens is 276 g/mol. The lowest BCUT2D eigenvalue weighted by Gasteiger charge is -2.36.